The van der Waals surface area contributed by atoms with Crippen molar-refractivity contribution >= 4 is 15.7 Å². The molecule has 0 fully saturated rings. The molecule has 5 nitrogen and oxygen atoms in total. The van der Waals surface area contributed by atoms with Gasteiger partial charge in [-0.05, 0) is 24.6 Å². The summed E-state index contributed by atoms with van der Waals surface area (Å²) in [5.74, 6) is 0.320. The van der Waals surface area contributed by atoms with Crippen molar-refractivity contribution in [3.8, 4) is 5.75 Å². The van der Waals surface area contributed by atoms with Crippen molar-refractivity contribution in [1.82, 2.24) is 4.72 Å². The molecule has 0 aliphatic carbocycles. The number of alkyl halides is 3. The first-order chi connectivity index (χ1) is 9.15. The van der Waals surface area contributed by atoms with Crippen molar-refractivity contribution in [1.29, 1.82) is 0 Å². The van der Waals surface area contributed by atoms with Crippen molar-refractivity contribution in [2.75, 3.05) is 19.4 Å². The molecule has 114 valence electrons. The van der Waals surface area contributed by atoms with Crippen molar-refractivity contribution < 1.29 is 26.3 Å². The fraction of sp³-hybridized carbons (Fsp3) is 0.455. The summed E-state index contributed by atoms with van der Waals surface area (Å²) in [5, 5.41) is 0. The van der Waals surface area contributed by atoms with E-state index in [0.717, 1.165) is 0 Å². The Kier molecular flexibility index (Phi) is 5.23. The Morgan fingerprint density at radius 1 is 1.35 bits per heavy atom. The maximum Gasteiger partial charge on any atom is 0.389 e. The van der Waals surface area contributed by atoms with Crippen LogP contribution in [0, 0.1) is 0 Å². The molecule has 1 rings (SSSR count). The number of nitrogens with two attached hydrogens (primary N) is 1. The molecule has 0 bridgehead atoms. The van der Waals surface area contributed by atoms with Gasteiger partial charge in [-0.25, -0.2) is 13.1 Å². The van der Waals surface area contributed by atoms with Gasteiger partial charge in [-0.3, -0.25) is 0 Å². The highest BCUT2D eigenvalue weighted by atomic mass is 32.2. The quantitative estimate of drug-likeness (QED) is 0.621. The lowest BCUT2D eigenvalue weighted by atomic mass is 10.3. The minimum absolute atomic E-state index is 0.122. The first kappa shape index (κ1) is 16.6. The number of anilines is 1. The van der Waals surface area contributed by atoms with Gasteiger partial charge in [0.05, 0.1) is 17.7 Å². The Hall–Kier alpha value is -1.48. The van der Waals surface area contributed by atoms with E-state index < -0.39 is 22.6 Å². The highest BCUT2D eigenvalue weighted by molar-refractivity contribution is 7.89. The lowest BCUT2D eigenvalue weighted by Crippen LogP contribution is -2.26. The molecule has 0 saturated carbocycles. The molecular formula is C11H15F3N2O3S. The zero-order valence-corrected chi connectivity index (χ0v) is 11.5. The molecule has 0 unspecified atom stereocenters. The number of nitrogen functional groups attached to an aromatic ring is 1. The van der Waals surface area contributed by atoms with Gasteiger partial charge < -0.3 is 10.5 Å². The Bertz CT molecular complexity index is 559. The maximum atomic E-state index is 11.9. The summed E-state index contributed by atoms with van der Waals surface area (Å²) < 4.78 is 66.4. The molecule has 0 amide bonds. The Morgan fingerprint density at radius 3 is 2.50 bits per heavy atom. The summed E-state index contributed by atoms with van der Waals surface area (Å²) in [6.07, 6.45) is -5.66. The third-order valence-corrected chi connectivity index (χ3v) is 3.90. The van der Waals surface area contributed by atoms with Gasteiger partial charge in [0, 0.05) is 13.0 Å². The van der Waals surface area contributed by atoms with Crippen molar-refractivity contribution in [2.45, 2.75) is 23.9 Å². The standard InChI is InChI=1S/C11H15F3N2O3S/c1-19-10-4-3-8(7-9(10)15)20(17,18)16-6-2-5-11(12,13)14/h3-4,7,16H,2,5-6,15H2,1H3. The van der Waals surface area contributed by atoms with E-state index >= 15 is 0 Å². The molecule has 0 spiro atoms. The lowest BCUT2D eigenvalue weighted by Gasteiger charge is -2.10. The Morgan fingerprint density at radius 2 is 2.00 bits per heavy atom. The van der Waals surface area contributed by atoms with E-state index in [1.165, 1.54) is 25.3 Å². The topological polar surface area (TPSA) is 81.4 Å². The van der Waals surface area contributed by atoms with Crippen LogP contribution in [0.3, 0.4) is 0 Å². The summed E-state index contributed by atoms with van der Waals surface area (Å²) in [7, 11) is -2.49. The summed E-state index contributed by atoms with van der Waals surface area (Å²) >= 11 is 0. The molecule has 0 atom stereocenters. The second kappa shape index (κ2) is 6.31. The van der Waals surface area contributed by atoms with Crippen LogP contribution in [0.4, 0.5) is 18.9 Å². The van der Waals surface area contributed by atoms with Crippen molar-refractivity contribution in [3.63, 3.8) is 0 Å². The highest BCUT2D eigenvalue weighted by Crippen LogP contribution is 2.24. The van der Waals surface area contributed by atoms with Crippen LogP contribution in [-0.2, 0) is 10.0 Å². The third kappa shape index (κ3) is 4.89. The second-order valence-electron chi connectivity index (χ2n) is 4.02. The fourth-order valence-corrected chi connectivity index (χ4v) is 2.57. The van der Waals surface area contributed by atoms with Gasteiger partial charge in [0.25, 0.3) is 0 Å². The normalized spacial score (nSPS) is 12.4. The summed E-state index contributed by atoms with van der Waals surface area (Å²) in [5.41, 5.74) is 5.70. The van der Waals surface area contributed by atoms with Gasteiger partial charge in [-0.1, -0.05) is 0 Å². The smallest absolute Gasteiger partial charge is 0.389 e. The molecular weight excluding hydrogens is 297 g/mol. The van der Waals surface area contributed by atoms with Gasteiger partial charge in [-0.15, -0.1) is 0 Å². The van der Waals surface area contributed by atoms with Gasteiger partial charge in [0.1, 0.15) is 5.75 Å². The molecule has 0 radical (unpaired) electrons. The molecule has 3 N–H and O–H groups in total. The largest absolute Gasteiger partial charge is 0.495 e. The van der Waals surface area contributed by atoms with Crippen LogP contribution in [0.2, 0.25) is 0 Å². The van der Waals surface area contributed by atoms with Crippen molar-refractivity contribution in [3.05, 3.63) is 18.2 Å². The van der Waals surface area contributed by atoms with Gasteiger partial charge in [-0.2, -0.15) is 13.2 Å². The lowest BCUT2D eigenvalue weighted by molar-refractivity contribution is -0.135. The average molecular weight is 312 g/mol. The van der Waals surface area contributed by atoms with Crippen molar-refractivity contribution in [2.24, 2.45) is 0 Å². The summed E-state index contributed by atoms with van der Waals surface area (Å²) in [6, 6.07) is 3.83. The van der Waals surface area contributed by atoms with Crippen LogP contribution in [0.25, 0.3) is 0 Å². The van der Waals surface area contributed by atoms with Crippen LogP contribution in [-0.4, -0.2) is 28.2 Å². The number of nitrogens with one attached hydrogen (secondary N) is 1. The van der Waals surface area contributed by atoms with E-state index in [-0.39, 0.29) is 23.5 Å². The Labute approximate surface area is 115 Å². The van der Waals surface area contributed by atoms with E-state index in [9.17, 15) is 21.6 Å². The van der Waals surface area contributed by atoms with Crippen LogP contribution in [0.15, 0.2) is 23.1 Å². The maximum absolute atomic E-state index is 11.9. The van der Waals surface area contributed by atoms with Gasteiger partial charge >= 0.3 is 6.18 Å². The number of methoxy groups -OCH3 is 1. The zero-order valence-electron chi connectivity index (χ0n) is 10.7. The monoisotopic (exact) mass is 312 g/mol. The van der Waals surface area contributed by atoms with E-state index in [1.807, 2.05) is 0 Å². The van der Waals surface area contributed by atoms with E-state index in [1.54, 1.807) is 0 Å². The molecule has 0 heterocycles. The number of rotatable bonds is 6. The SMILES string of the molecule is COc1ccc(S(=O)(=O)NCCCC(F)(F)F)cc1N. The van der Waals surface area contributed by atoms with Gasteiger partial charge in [0.15, 0.2) is 0 Å². The zero-order chi connectivity index (χ0) is 15.4. The number of sulfonamides is 1. The van der Waals surface area contributed by atoms with Crippen LogP contribution in [0.1, 0.15) is 12.8 Å². The molecule has 1 aromatic rings. The van der Waals surface area contributed by atoms with Crippen LogP contribution >= 0.6 is 0 Å². The summed E-state index contributed by atoms with van der Waals surface area (Å²) in [6.45, 7) is -0.298. The molecule has 0 aliphatic heterocycles. The van der Waals surface area contributed by atoms with Crippen LogP contribution in [0.5, 0.6) is 5.75 Å². The molecule has 0 aromatic heterocycles. The first-order valence-electron chi connectivity index (χ1n) is 5.65. The molecule has 9 heteroatoms. The minimum atomic E-state index is -4.30. The molecule has 1 aromatic carbocycles. The highest BCUT2D eigenvalue weighted by Gasteiger charge is 2.26. The van der Waals surface area contributed by atoms with Crippen LogP contribution < -0.4 is 15.2 Å². The molecule has 0 saturated heterocycles. The van der Waals surface area contributed by atoms with E-state index in [0.29, 0.717) is 5.75 Å². The van der Waals surface area contributed by atoms with E-state index in [2.05, 4.69) is 4.72 Å². The fourth-order valence-electron chi connectivity index (χ4n) is 1.46. The van der Waals surface area contributed by atoms with E-state index in [4.69, 9.17) is 10.5 Å². The Balaban J connectivity index is 2.67. The number of halogens is 3. The first-order valence-corrected chi connectivity index (χ1v) is 7.14. The number of ether oxygens (including phenoxy) is 1. The predicted octanol–water partition coefficient (Wildman–Crippen LogP) is 1.90. The predicted molar refractivity (Wildman–Crippen MR) is 67.9 cm³/mol. The molecule has 20 heavy (non-hydrogen) atoms. The average Bonchev–Trinajstić information content (AvgIpc) is 2.33. The minimum Gasteiger partial charge on any atom is -0.495 e. The van der Waals surface area contributed by atoms with Gasteiger partial charge in [0.2, 0.25) is 10.0 Å². The number of benzene rings is 1. The number of hydrogen-bond donors (Lipinski definition) is 2. The molecule has 0 aliphatic rings. The summed E-state index contributed by atoms with van der Waals surface area (Å²) in [4.78, 5) is -0.122. The second-order valence-corrected chi connectivity index (χ2v) is 5.79. The number of hydrogen-bond acceptors (Lipinski definition) is 4. The third-order valence-electron chi connectivity index (χ3n) is 2.44.